The molecular weight excluding hydrogens is 481 g/mol. The zero-order valence-corrected chi connectivity index (χ0v) is 18.4. The van der Waals surface area contributed by atoms with Gasteiger partial charge in [-0.3, -0.25) is 19.7 Å². The van der Waals surface area contributed by atoms with E-state index in [9.17, 15) is 32.9 Å². The first-order valence-corrected chi connectivity index (χ1v) is 11.0. The van der Waals surface area contributed by atoms with Crippen LogP contribution in [0.15, 0.2) is 52.7 Å². The average molecular weight is 496 g/mol. The van der Waals surface area contributed by atoms with E-state index in [1.807, 2.05) is 0 Å². The lowest BCUT2D eigenvalue weighted by Gasteiger charge is -2.08. The molecule has 0 radical (unpaired) electrons. The number of thioether (sulfide) groups is 1. The maximum atomic E-state index is 12.8. The van der Waals surface area contributed by atoms with Crippen LogP contribution in [0.25, 0.3) is 11.3 Å². The Kier molecular flexibility index (Phi) is 7.33. The maximum Gasteiger partial charge on any atom is 0.416 e. The van der Waals surface area contributed by atoms with Gasteiger partial charge in [-0.25, -0.2) is 4.98 Å². The predicted molar refractivity (Wildman–Crippen MR) is 119 cm³/mol. The third-order valence-corrected chi connectivity index (χ3v) is 5.91. The largest absolute Gasteiger partial charge is 0.416 e. The Hall–Kier alpha value is -3.45. The molecule has 0 aliphatic carbocycles. The van der Waals surface area contributed by atoms with Crippen molar-refractivity contribution in [1.29, 1.82) is 0 Å². The number of carbonyl (C=O) groups is 2. The van der Waals surface area contributed by atoms with Crippen molar-refractivity contribution in [3.63, 3.8) is 0 Å². The lowest BCUT2D eigenvalue weighted by molar-refractivity contribution is -0.388. The number of nitrogens with zero attached hydrogens (tertiary/aromatic N) is 2. The normalized spacial score (nSPS) is 11.2. The van der Waals surface area contributed by atoms with Crippen molar-refractivity contribution in [2.45, 2.75) is 18.0 Å². The van der Waals surface area contributed by atoms with Crippen LogP contribution in [-0.4, -0.2) is 27.5 Å². The van der Waals surface area contributed by atoms with Gasteiger partial charge in [-0.05, 0) is 24.3 Å². The summed E-state index contributed by atoms with van der Waals surface area (Å²) in [6.07, 6.45) is -4.71. The Labute approximate surface area is 193 Å². The summed E-state index contributed by atoms with van der Waals surface area (Å²) in [5.41, 5.74) is 0.126. The highest BCUT2D eigenvalue weighted by Crippen LogP contribution is 2.36. The van der Waals surface area contributed by atoms with Crippen LogP contribution in [0.1, 0.15) is 12.5 Å². The molecule has 0 fully saturated rings. The standard InChI is InChI=1S/C20H15F3N4O4S2/c1-11(28)24-14-5-2-12(3-6-14)15-9-33-19(25-15)26-18(29)10-32-17-7-4-13(20(21,22)23)8-16(17)27(30)31/h2-9H,10H2,1H3,(H,24,28)(H,25,26,29). The van der Waals surface area contributed by atoms with Gasteiger partial charge in [0, 0.05) is 29.6 Å². The molecule has 3 aromatic rings. The molecule has 13 heteroatoms. The Bertz CT molecular complexity index is 1200. The summed E-state index contributed by atoms with van der Waals surface area (Å²) < 4.78 is 38.4. The van der Waals surface area contributed by atoms with Gasteiger partial charge in [-0.2, -0.15) is 13.2 Å². The summed E-state index contributed by atoms with van der Waals surface area (Å²) >= 11 is 1.92. The Morgan fingerprint density at radius 1 is 1.15 bits per heavy atom. The number of halogens is 3. The monoisotopic (exact) mass is 496 g/mol. The van der Waals surface area contributed by atoms with Crippen molar-refractivity contribution in [1.82, 2.24) is 4.98 Å². The fraction of sp³-hybridized carbons (Fsp3) is 0.150. The number of benzene rings is 2. The highest BCUT2D eigenvalue weighted by Gasteiger charge is 2.33. The Morgan fingerprint density at radius 3 is 2.45 bits per heavy atom. The highest BCUT2D eigenvalue weighted by atomic mass is 32.2. The van der Waals surface area contributed by atoms with Gasteiger partial charge in [-0.15, -0.1) is 23.1 Å². The molecule has 1 heterocycles. The molecule has 8 nitrogen and oxygen atoms in total. The van der Waals surface area contributed by atoms with E-state index in [0.29, 0.717) is 22.6 Å². The zero-order chi connectivity index (χ0) is 24.2. The fourth-order valence-corrected chi connectivity index (χ4v) is 4.19. The molecule has 33 heavy (non-hydrogen) atoms. The Balaban J connectivity index is 1.63. The molecule has 0 atom stereocenters. The zero-order valence-electron chi connectivity index (χ0n) is 16.8. The predicted octanol–water partition coefficient (Wildman–Crippen LogP) is 5.43. The van der Waals surface area contributed by atoms with Crippen LogP contribution in [0.4, 0.5) is 29.7 Å². The quantitative estimate of drug-likeness (QED) is 0.256. The van der Waals surface area contributed by atoms with Gasteiger partial charge in [0.15, 0.2) is 5.13 Å². The number of alkyl halides is 3. The number of hydrogen-bond donors (Lipinski definition) is 2. The van der Waals surface area contributed by atoms with E-state index >= 15 is 0 Å². The van der Waals surface area contributed by atoms with Crippen molar-refractivity contribution >= 4 is 51.4 Å². The third-order valence-electron chi connectivity index (χ3n) is 4.09. The minimum Gasteiger partial charge on any atom is -0.326 e. The van der Waals surface area contributed by atoms with Gasteiger partial charge in [0.1, 0.15) is 0 Å². The molecular formula is C20H15F3N4O4S2. The highest BCUT2D eigenvalue weighted by molar-refractivity contribution is 8.00. The summed E-state index contributed by atoms with van der Waals surface area (Å²) in [4.78, 5) is 37.8. The number of nitro benzene ring substituents is 1. The second-order valence-corrected chi connectivity index (χ2v) is 8.45. The SMILES string of the molecule is CC(=O)Nc1ccc(-c2csc(NC(=O)CSc3ccc(C(F)(F)F)cc3[N+](=O)[O-])n2)cc1. The number of amides is 2. The van der Waals surface area contributed by atoms with Gasteiger partial charge in [0.05, 0.1) is 26.8 Å². The molecule has 2 aromatic carbocycles. The van der Waals surface area contributed by atoms with Crippen LogP contribution in [0.2, 0.25) is 0 Å². The smallest absolute Gasteiger partial charge is 0.326 e. The third kappa shape index (κ3) is 6.52. The number of hydrogen-bond acceptors (Lipinski definition) is 7. The number of aromatic nitrogens is 1. The second-order valence-electron chi connectivity index (χ2n) is 6.57. The molecule has 0 aliphatic rings. The number of nitro groups is 1. The fourth-order valence-electron chi connectivity index (χ4n) is 2.65. The van der Waals surface area contributed by atoms with E-state index in [4.69, 9.17) is 0 Å². The molecule has 0 saturated carbocycles. The number of carbonyl (C=O) groups excluding carboxylic acids is 2. The van der Waals surface area contributed by atoms with E-state index in [1.165, 1.54) is 18.3 Å². The van der Waals surface area contributed by atoms with E-state index < -0.39 is 28.3 Å². The molecule has 0 saturated heterocycles. The number of rotatable bonds is 7. The molecule has 1 aromatic heterocycles. The van der Waals surface area contributed by atoms with Gasteiger partial charge < -0.3 is 10.6 Å². The summed E-state index contributed by atoms with van der Waals surface area (Å²) in [6, 6.07) is 9.09. The lowest BCUT2D eigenvalue weighted by Crippen LogP contribution is -2.14. The summed E-state index contributed by atoms with van der Waals surface area (Å²) in [5.74, 6) is -0.969. The van der Waals surface area contributed by atoms with Crippen molar-refractivity contribution in [3.8, 4) is 11.3 Å². The summed E-state index contributed by atoms with van der Waals surface area (Å²) in [6.45, 7) is 1.40. The van der Waals surface area contributed by atoms with Gasteiger partial charge in [0.25, 0.3) is 5.69 Å². The lowest BCUT2D eigenvalue weighted by atomic mass is 10.1. The average Bonchev–Trinajstić information content (AvgIpc) is 3.19. The minimum atomic E-state index is -4.71. The maximum absolute atomic E-state index is 12.8. The molecule has 172 valence electrons. The van der Waals surface area contributed by atoms with Crippen molar-refractivity contribution in [2.24, 2.45) is 0 Å². The van der Waals surface area contributed by atoms with Crippen molar-refractivity contribution in [3.05, 3.63) is 63.5 Å². The number of thiazole rings is 1. The summed E-state index contributed by atoms with van der Waals surface area (Å²) in [7, 11) is 0. The molecule has 2 N–H and O–H groups in total. The molecule has 0 bridgehead atoms. The van der Waals surface area contributed by atoms with Crippen LogP contribution in [0, 0.1) is 10.1 Å². The van der Waals surface area contributed by atoms with Gasteiger partial charge in [-0.1, -0.05) is 12.1 Å². The van der Waals surface area contributed by atoms with E-state index in [-0.39, 0.29) is 16.6 Å². The molecule has 0 unspecified atom stereocenters. The van der Waals surface area contributed by atoms with Crippen molar-refractivity contribution in [2.75, 3.05) is 16.4 Å². The molecule has 2 amide bonds. The number of anilines is 2. The van der Waals surface area contributed by atoms with E-state index in [0.717, 1.165) is 29.5 Å². The molecule has 0 spiro atoms. The van der Waals surface area contributed by atoms with E-state index in [1.54, 1.807) is 29.6 Å². The molecule has 3 rings (SSSR count). The molecule has 0 aliphatic heterocycles. The van der Waals surface area contributed by atoms with Gasteiger partial charge in [0.2, 0.25) is 11.8 Å². The first-order chi connectivity index (χ1) is 15.5. The van der Waals surface area contributed by atoms with E-state index in [2.05, 4.69) is 15.6 Å². The van der Waals surface area contributed by atoms with Crippen molar-refractivity contribution < 1.29 is 27.7 Å². The first-order valence-electron chi connectivity index (χ1n) is 9.15. The van der Waals surface area contributed by atoms with Crippen LogP contribution in [0.3, 0.4) is 0 Å². The number of nitrogens with one attached hydrogen (secondary N) is 2. The minimum absolute atomic E-state index is 0.0535. The first kappa shape index (κ1) is 24.2. The van der Waals surface area contributed by atoms with Gasteiger partial charge >= 0.3 is 6.18 Å². The summed E-state index contributed by atoms with van der Waals surface area (Å²) in [5, 5.41) is 18.4. The second kappa shape index (κ2) is 10.0. The van der Waals surface area contributed by atoms with Crippen LogP contribution < -0.4 is 10.6 Å². The van der Waals surface area contributed by atoms with Crippen LogP contribution in [0.5, 0.6) is 0 Å². The Morgan fingerprint density at radius 2 is 1.85 bits per heavy atom. The topological polar surface area (TPSA) is 114 Å². The van der Waals surface area contributed by atoms with Crippen LogP contribution in [-0.2, 0) is 15.8 Å². The van der Waals surface area contributed by atoms with Crippen LogP contribution >= 0.6 is 23.1 Å².